The SMILES string of the molecule is Cc1cc(C(=O)N2CCN(S(=O)(=O)c3c(F)cccc3F)CC2)c2ccccc2n1. The molecule has 1 saturated heterocycles. The molecule has 0 N–H and O–H groups in total. The van der Waals surface area contributed by atoms with Crippen molar-refractivity contribution in [1.29, 1.82) is 0 Å². The lowest BCUT2D eigenvalue weighted by Gasteiger charge is -2.34. The molecule has 9 heteroatoms. The van der Waals surface area contributed by atoms with Crippen LogP contribution in [0.4, 0.5) is 8.78 Å². The molecule has 6 nitrogen and oxygen atoms in total. The Morgan fingerprint density at radius 1 is 0.967 bits per heavy atom. The van der Waals surface area contributed by atoms with Gasteiger partial charge < -0.3 is 4.90 Å². The molecule has 1 fully saturated rings. The third-order valence-corrected chi connectivity index (χ3v) is 7.07. The Hall–Kier alpha value is -2.91. The molecule has 1 aromatic heterocycles. The van der Waals surface area contributed by atoms with E-state index < -0.39 is 26.6 Å². The Labute approximate surface area is 172 Å². The number of para-hydroxylation sites is 1. The van der Waals surface area contributed by atoms with Crippen molar-refractivity contribution in [3.63, 3.8) is 0 Å². The molecule has 0 saturated carbocycles. The average molecular weight is 431 g/mol. The van der Waals surface area contributed by atoms with Gasteiger partial charge in [0.15, 0.2) is 4.90 Å². The highest BCUT2D eigenvalue weighted by Gasteiger charge is 2.34. The molecule has 0 atom stereocenters. The van der Waals surface area contributed by atoms with Crippen LogP contribution in [0.3, 0.4) is 0 Å². The van der Waals surface area contributed by atoms with Gasteiger partial charge >= 0.3 is 0 Å². The number of fused-ring (bicyclic) bond motifs is 1. The van der Waals surface area contributed by atoms with Gasteiger partial charge in [0.1, 0.15) is 11.6 Å². The maximum Gasteiger partial charge on any atom is 0.254 e. The van der Waals surface area contributed by atoms with Gasteiger partial charge in [0.25, 0.3) is 5.91 Å². The number of benzene rings is 2. The number of amides is 1. The van der Waals surface area contributed by atoms with Crippen molar-refractivity contribution < 1.29 is 22.0 Å². The molecule has 1 aliphatic rings. The van der Waals surface area contributed by atoms with Gasteiger partial charge in [-0.1, -0.05) is 24.3 Å². The molecule has 0 bridgehead atoms. The molecule has 0 aliphatic carbocycles. The summed E-state index contributed by atoms with van der Waals surface area (Å²) in [5.74, 6) is -2.50. The van der Waals surface area contributed by atoms with Gasteiger partial charge in [-0.15, -0.1) is 0 Å². The zero-order chi connectivity index (χ0) is 21.5. The minimum absolute atomic E-state index is 0.0517. The van der Waals surface area contributed by atoms with Gasteiger partial charge in [-0.05, 0) is 31.2 Å². The first-order valence-corrected chi connectivity index (χ1v) is 10.8. The highest BCUT2D eigenvalue weighted by Crippen LogP contribution is 2.25. The minimum atomic E-state index is -4.34. The van der Waals surface area contributed by atoms with Crippen molar-refractivity contribution in [2.24, 2.45) is 0 Å². The number of rotatable bonds is 3. The van der Waals surface area contributed by atoms with E-state index in [9.17, 15) is 22.0 Å². The van der Waals surface area contributed by atoms with E-state index in [0.29, 0.717) is 16.8 Å². The predicted octanol–water partition coefficient (Wildman–Crippen LogP) is 2.97. The summed E-state index contributed by atoms with van der Waals surface area (Å²) in [4.78, 5) is 18.1. The van der Waals surface area contributed by atoms with Gasteiger partial charge in [0.05, 0.1) is 11.1 Å². The van der Waals surface area contributed by atoms with Crippen molar-refractivity contribution >= 4 is 26.8 Å². The van der Waals surface area contributed by atoms with Crippen LogP contribution in [0.5, 0.6) is 0 Å². The van der Waals surface area contributed by atoms with Gasteiger partial charge in [0.2, 0.25) is 10.0 Å². The average Bonchev–Trinajstić information content (AvgIpc) is 2.72. The largest absolute Gasteiger partial charge is 0.336 e. The first kappa shape index (κ1) is 20.4. The highest BCUT2D eigenvalue weighted by atomic mass is 32.2. The number of aromatic nitrogens is 1. The smallest absolute Gasteiger partial charge is 0.254 e. The van der Waals surface area contributed by atoms with E-state index in [2.05, 4.69) is 4.98 Å². The fraction of sp³-hybridized carbons (Fsp3) is 0.238. The Morgan fingerprint density at radius 2 is 1.60 bits per heavy atom. The van der Waals surface area contributed by atoms with E-state index in [0.717, 1.165) is 27.9 Å². The van der Waals surface area contributed by atoms with Crippen molar-refractivity contribution in [3.8, 4) is 0 Å². The molecular formula is C21H19F2N3O3S. The number of halogens is 2. The summed E-state index contributed by atoms with van der Waals surface area (Å²) < 4.78 is 54.5. The normalized spacial score (nSPS) is 15.5. The van der Waals surface area contributed by atoms with Crippen LogP contribution in [0.25, 0.3) is 10.9 Å². The van der Waals surface area contributed by atoms with Crippen molar-refractivity contribution in [2.75, 3.05) is 26.2 Å². The number of sulfonamides is 1. The zero-order valence-corrected chi connectivity index (χ0v) is 17.0. The van der Waals surface area contributed by atoms with Crippen LogP contribution in [-0.4, -0.2) is 54.7 Å². The predicted molar refractivity (Wildman–Crippen MR) is 108 cm³/mol. The molecule has 30 heavy (non-hydrogen) atoms. The molecule has 1 amide bonds. The van der Waals surface area contributed by atoms with E-state index in [4.69, 9.17) is 0 Å². The number of pyridine rings is 1. The van der Waals surface area contributed by atoms with E-state index in [1.807, 2.05) is 24.3 Å². The summed E-state index contributed by atoms with van der Waals surface area (Å²) in [6.07, 6.45) is 0. The van der Waals surface area contributed by atoms with Crippen molar-refractivity contribution in [2.45, 2.75) is 11.8 Å². The van der Waals surface area contributed by atoms with E-state index in [-0.39, 0.29) is 32.1 Å². The van der Waals surface area contributed by atoms with E-state index >= 15 is 0 Å². The van der Waals surface area contributed by atoms with Gasteiger partial charge in [-0.3, -0.25) is 9.78 Å². The summed E-state index contributed by atoms with van der Waals surface area (Å²) in [6, 6.07) is 11.9. The van der Waals surface area contributed by atoms with Crippen molar-refractivity contribution in [1.82, 2.24) is 14.2 Å². The van der Waals surface area contributed by atoms with E-state index in [1.54, 1.807) is 17.9 Å². The number of piperazine rings is 1. The van der Waals surface area contributed by atoms with Crippen LogP contribution in [0, 0.1) is 18.6 Å². The van der Waals surface area contributed by atoms with Crippen LogP contribution >= 0.6 is 0 Å². The number of hydrogen-bond acceptors (Lipinski definition) is 4. The topological polar surface area (TPSA) is 70.6 Å². The number of nitrogens with zero attached hydrogens (tertiary/aromatic N) is 3. The Bertz CT molecular complexity index is 1220. The molecule has 2 aromatic carbocycles. The molecular weight excluding hydrogens is 412 g/mol. The number of hydrogen-bond donors (Lipinski definition) is 0. The molecule has 3 aromatic rings. The Balaban J connectivity index is 1.56. The lowest BCUT2D eigenvalue weighted by molar-refractivity contribution is 0.0699. The maximum absolute atomic E-state index is 14.0. The molecule has 0 radical (unpaired) electrons. The summed E-state index contributed by atoms with van der Waals surface area (Å²) in [6.45, 7) is 1.93. The second kappa shape index (κ2) is 7.73. The maximum atomic E-state index is 14.0. The first-order valence-electron chi connectivity index (χ1n) is 9.39. The van der Waals surface area contributed by atoms with Crippen LogP contribution in [0.2, 0.25) is 0 Å². The molecule has 0 unspecified atom stereocenters. The zero-order valence-electron chi connectivity index (χ0n) is 16.2. The van der Waals surface area contributed by atoms with Gasteiger partial charge in [0, 0.05) is 37.3 Å². The van der Waals surface area contributed by atoms with Gasteiger partial charge in [-0.2, -0.15) is 4.31 Å². The monoisotopic (exact) mass is 431 g/mol. The fourth-order valence-electron chi connectivity index (χ4n) is 3.64. The van der Waals surface area contributed by atoms with Crippen LogP contribution in [-0.2, 0) is 10.0 Å². The van der Waals surface area contributed by atoms with Crippen LogP contribution in [0.1, 0.15) is 16.1 Å². The summed E-state index contributed by atoms with van der Waals surface area (Å²) in [5, 5.41) is 0.719. The van der Waals surface area contributed by atoms with Gasteiger partial charge in [-0.25, -0.2) is 17.2 Å². The Morgan fingerprint density at radius 3 is 2.27 bits per heavy atom. The Kier molecular flexibility index (Phi) is 5.25. The summed E-state index contributed by atoms with van der Waals surface area (Å²) in [5.41, 5.74) is 1.90. The first-order chi connectivity index (χ1) is 14.3. The summed E-state index contributed by atoms with van der Waals surface area (Å²) in [7, 11) is -4.34. The standard InChI is InChI=1S/C21H19F2N3O3S/c1-14-13-16(15-5-2-3-8-19(15)24-14)21(27)25-9-11-26(12-10-25)30(28,29)20-17(22)6-4-7-18(20)23/h2-8,13H,9-12H2,1H3. The number of carbonyl (C=O) groups excluding carboxylic acids is 1. The molecule has 4 rings (SSSR count). The lowest BCUT2D eigenvalue weighted by Crippen LogP contribution is -2.50. The molecule has 156 valence electrons. The second-order valence-electron chi connectivity index (χ2n) is 7.08. The van der Waals surface area contributed by atoms with Crippen molar-refractivity contribution in [3.05, 3.63) is 71.4 Å². The molecule has 0 spiro atoms. The van der Waals surface area contributed by atoms with E-state index in [1.165, 1.54) is 0 Å². The third-order valence-electron chi connectivity index (χ3n) is 5.12. The lowest BCUT2D eigenvalue weighted by atomic mass is 10.1. The number of carbonyl (C=O) groups is 1. The minimum Gasteiger partial charge on any atom is -0.336 e. The number of aryl methyl sites for hydroxylation is 1. The quantitative estimate of drug-likeness (QED) is 0.639. The fourth-order valence-corrected chi connectivity index (χ4v) is 5.18. The van der Waals surface area contributed by atoms with Crippen LogP contribution in [0.15, 0.2) is 53.4 Å². The molecule has 2 heterocycles. The highest BCUT2D eigenvalue weighted by molar-refractivity contribution is 7.89. The molecule has 1 aliphatic heterocycles. The third kappa shape index (κ3) is 3.54. The second-order valence-corrected chi connectivity index (χ2v) is 8.95. The summed E-state index contributed by atoms with van der Waals surface area (Å²) >= 11 is 0. The van der Waals surface area contributed by atoms with Crippen LogP contribution < -0.4 is 0 Å².